The Morgan fingerprint density at radius 3 is 2.62 bits per heavy atom. The van der Waals surface area contributed by atoms with E-state index in [0.717, 1.165) is 48.0 Å². The van der Waals surface area contributed by atoms with Crippen LogP contribution in [0.2, 0.25) is 0 Å². The van der Waals surface area contributed by atoms with E-state index in [1.807, 2.05) is 10.9 Å². The second kappa shape index (κ2) is 8.18. The molecule has 32 heavy (non-hydrogen) atoms. The maximum Gasteiger partial charge on any atom is 0.102 e. The Morgan fingerprint density at radius 2 is 1.88 bits per heavy atom. The highest BCUT2D eigenvalue weighted by molar-refractivity contribution is 5.21. The molecule has 3 nitrogen and oxygen atoms in total. The van der Waals surface area contributed by atoms with Gasteiger partial charge in [-0.05, 0) is 103 Å². The molecule has 2 unspecified atom stereocenters. The van der Waals surface area contributed by atoms with Crippen molar-refractivity contribution in [1.82, 2.24) is 9.78 Å². The number of hydrogen-bond acceptors (Lipinski definition) is 2. The molecule has 3 heteroatoms. The number of rotatable bonds is 3. The van der Waals surface area contributed by atoms with Crippen molar-refractivity contribution in [3.63, 3.8) is 0 Å². The summed E-state index contributed by atoms with van der Waals surface area (Å²) in [5.41, 5.74) is 1.78. The molecule has 0 spiro atoms. The van der Waals surface area contributed by atoms with E-state index in [2.05, 4.69) is 45.8 Å². The number of aromatic nitrogens is 2. The van der Waals surface area contributed by atoms with Crippen LogP contribution in [0.3, 0.4) is 0 Å². The molecule has 0 radical (unpaired) electrons. The number of fused-ring (bicyclic) bond motifs is 5. The summed E-state index contributed by atoms with van der Waals surface area (Å²) in [5, 5.41) is 13.7. The summed E-state index contributed by atoms with van der Waals surface area (Å²) in [4.78, 5) is 0. The van der Waals surface area contributed by atoms with Gasteiger partial charge in [0.25, 0.3) is 0 Å². The summed E-state index contributed by atoms with van der Waals surface area (Å²) in [5.74, 6) is 7.03. The molecular formula is C29H45N3. The van der Waals surface area contributed by atoms with Gasteiger partial charge in [0.1, 0.15) is 6.07 Å². The Hall–Kier alpha value is -1.30. The SMILES string of the molecule is C[C@H]1CC[C@@H]2C3CC[C@@]4(C)C([C@@H]3CC[C@]2(C)C1)[C@H](C)CC[C@@H]4[C@@H](C)Cn1cc(C#N)cn1. The van der Waals surface area contributed by atoms with Crippen LogP contribution in [0.1, 0.15) is 98.0 Å². The molecule has 0 aliphatic heterocycles. The lowest BCUT2D eigenvalue weighted by Crippen LogP contribution is -2.57. The normalized spacial score (nSPS) is 46.9. The Morgan fingerprint density at radius 1 is 1.09 bits per heavy atom. The van der Waals surface area contributed by atoms with Gasteiger partial charge >= 0.3 is 0 Å². The van der Waals surface area contributed by atoms with Crippen LogP contribution in [0, 0.1) is 69.5 Å². The second-order valence-corrected chi connectivity index (χ2v) is 13.3. The van der Waals surface area contributed by atoms with Crippen molar-refractivity contribution in [2.24, 2.45) is 58.2 Å². The highest BCUT2D eigenvalue weighted by Gasteiger charge is 2.59. The summed E-state index contributed by atoms with van der Waals surface area (Å²) in [6.45, 7) is 13.9. The lowest BCUT2D eigenvalue weighted by molar-refractivity contribution is -0.158. The topological polar surface area (TPSA) is 41.6 Å². The van der Waals surface area contributed by atoms with E-state index in [1.54, 1.807) is 6.20 Å². The number of nitriles is 1. The predicted octanol–water partition coefficient (Wildman–Crippen LogP) is 7.32. The van der Waals surface area contributed by atoms with Gasteiger partial charge in [0.2, 0.25) is 0 Å². The standard InChI is InChI=1S/C29H45N3/c1-19-6-8-26-23-11-13-29(5)25(21(3)17-32-18-22(15-30)16-31-32)9-7-20(2)27(29)24(23)10-12-28(26,4)14-19/h16,18-21,23-27H,6-14,17H2,1-5H3/t19-,20+,21-,23?,24+,25+,26+,27?,28+,29+/m0/s1. The number of hydrogen-bond donors (Lipinski definition) is 0. The van der Waals surface area contributed by atoms with Crippen molar-refractivity contribution < 1.29 is 0 Å². The molecule has 4 aliphatic carbocycles. The average Bonchev–Trinajstić information content (AvgIpc) is 3.20. The smallest absolute Gasteiger partial charge is 0.102 e. The van der Waals surface area contributed by atoms with E-state index >= 15 is 0 Å². The third-order valence-electron chi connectivity index (χ3n) is 11.4. The van der Waals surface area contributed by atoms with Crippen LogP contribution >= 0.6 is 0 Å². The van der Waals surface area contributed by atoms with Crippen LogP contribution in [0.15, 0.2) is 12.4 Å². The zero-order chi connectivity index (χ0) is 22.7. The summed E-state index contributed by atoms with van der Waals surface area (Å²) < 4.78 is 2.03. The molecule has 0 aromatic carbocycles. The van der Waals surface area contributed by atoms with Crippen LogP contribution in [0.25, 0.3) is 0 Å². The molecule has 4 aliphatic rings. The second-order valence-electron chi connectivity index (χ2n) is 13.3. The van der Waals surface area contributed by atoms with Gasteiger partial charge in [0.15, 0.2) is 0 Å². The van der Waals surface area contributed by atoms with Crippen molar-refractivity contribution in [2.75, 3.05) is 0 Å². The molecule has 0 N–H and O–H groups in total. The molecule has 1 aromatic heterocycles. The van der Waals surface area contributed by atoms with Crippen LogP contribution in [0.4, 0.5) is 0 Å². The Balaban J connectivity index is 1.38. The van der Waals surface area contributed by atoms with Crippen molar-refractivity contribution >= 4 is 0 Å². The van der Waals surface area contributed by atoms with Crippen molar-refractivity contribution in [3.8, 4) is 6.07 Å². The molecular weight excluding hydrogens is 390 g/mol. The fourth-order valence-electron chi connectivity index (χ4n) is 10.2. The van der Waals surface area contributed by atoms with Gasteiger partial charge in [-0.25, -0.2) is 0 Å². The van der Waals surface area contributed by atoms with Gasteiger partial charge < -0.3 is 0 Å². The highest BCUT2D eigenvalue weighted by Crippen LogP contribution is 2.67. The first-order valence-electron chi connectivity index (χ1n) is 13.7. The lowest BCUT2D eigenvalue weighted by Gasteiger charge is -2.65. The minimum absolute atomic E-state index is 0.471. The quantitative estimate of drug-likeness (QED) is 0.499. The average molecular weight is 436 g/mol. The summed E-state index contributed by atoms with van der Waals surface area (Å²) in [6.07, 6.45) is 16.7. The van der Waals surface area contributed by atoms with E-state index in [-0.39, 0.29) is 0 Å². The zero-order valence-corrected chi connectivity index (χ0v) is 21.2. The summed E-state index contributed by atoms with van der Waals surface area (Å²) >= 11 is 0. The highest BCUT2D eigenvalue weighted by atomic mass is 15.3. The van der Waals surface area contributed by atoms with Crippen LogP contribution in [-0.4, -0.2) is 9.78 Å². The van der Waals surface area contributed by atoms with Crippen LogP contribution in [-0.2, 0) is 6.54 Å². The largest absolute Gasteiger partial charge is 0.271 e. The molecule has 0 bridgehead atoms. The van der Waals surface area contributed by atoms with Gasteiger partial charge in [-0.15, -0.1) is 0 Å². The first-order chi connectivity index (χ1) is 15.2. The van der Waals surface area contributed by atoms with Crippen molar-refractivity contribution in [3.05, 3.63) is 18.0 Å². The zero-order valence-electron chi connectivity index (χ0n) is 21.2. The first kappa shape index (κ1) is 22.5. The molecule has 5 rings (SSSR count). The van der Waals surface area contributed by atoms with E-state index in [4.69, 9.17) is 0 Å². The molecule has 4 saturated carbocycles. The molecule has 0 amide bonds. The predicted molar refractivity (Wildman–Crippen MR) is 130 cm³/mol. The first-order valence-corrected chi connectivity index (χ1v) is 13.7. The summed E-state index contributed by atoms with van der Waals surface area (Å²) in [6, 6.07) is 2.23. The fourth-order valence-corrected chi connectivity index (χ4v) is 10.2. The van der Waals surface area contributed by atoms with Crippen LogP contribution in [0.5, 0.6) is 0 Å². The maximum atomic E-state index is 9.18. The van der Waals surface area contributed by atoms with Crippen LogP contribution < -0.4 is 0 Å². The molecule has 1 aromatic rings. The van der Waals surface area contributed by atoms with E-state index < -0.39 is 0 Å². The summed E-state index contributed by atoms with van der Waals surface area (Å²) in [7, 11) is 0. The van der Waals surface area contributed by atoms with Crippen molar-refractivity contribution in [2.45, 2.75) is 99.0 Å². The maximum absolute atomic E-state index is 9.18. The fraction of sp³-hybridized carbons (Fsp3) is 0.862. The Kier molecular flexibility index (Phi) is 5.75. The molecule has 176 valence electrons. The van der Waals surface area contributed by atoms with Gasteiger partial charge in [0.05, 0.1) is 11.8 Å². The van der Waals surface area contributed by atoms with E-state index in [0.29, 0.717) is 22.3 Å². The van der Waals surface area contributed by atoms with Gasteiger partial charge in [0, 0.05) is 12.7 Å². The molecule has 1 heterocycles. The van der Waals surface area contributed by atoms with Gasteiger partial charge in [-0.1, -0.05) is 47.5 Å². The Labute approximate surface area is 196 Å². The number of nitrogens with zero attached hydrogens (tertiary/aromatic N) is 3. The lowest BCUT2D eigenvalue weighted by atomic mass is 9.40. The monoisotopic (exact) mass is 435 g/mol. The third-order valence-corrected chi connectivity index (χ3v) is 11.4. The third kappa shape index (κ3) is 3.56. The van der Waals surface area contributed by atoms with Crippen molar-refractivity contribution in [1.29, 1.82) is 5.26 Å². The molecule has 0 saturated heterocycles. The van der Waals surface area contributed by atoms with E-state index in [9.17, 15) is 5.26 Å². The molecule has 10 atom stereocenters. The minimum atomic E-state index is 0.471. The van der Waals surface area contributed by atoms with E-state index in [1.165, 1.54) is 57.8 Å². The van der Waals surface area contributed by atoms with Gasteiger partial charge in [-0.3, -0.25) is 4.68 Å². The Bertz CT molecular complexity index is 866. The minimum Gasteiger partial charge on any atom is -0.271 e. The van der Waals surface area contributed by atoms with Gasteiger partial charge in [-0.2, -0.15) is 10.4 Å². The molecule has 4 fully saturated rings.